The van der Waals surface area contributed by atoms with Crippen LogP contribution in [0, 0.1) is 3.57 Å². The van der Waals surface area contributed by atoms with Crippen LogP contribution in [-0.2, 0) is 0 Å². The summed E-state index contributed by atoms with van der Waals surface area (Å²) in [5.41, 5.74) is 4.18. The van der Waals surface area contributed by atoms with E-state index in [4.69, 9.17) is 11.6 Å². The van der Waals surface area contributed by atoms with E-state index in [0.29, 0.717) is 11.6 Å². The number of hydrogen-bond acceptors (Lipinski definition) is 3. The minimum absolute atomic E-state index is 0.190. The monoisotopic (exact) mass is 469 g/mol. The van der Waals surface area contributed by atoms with Gasteiger partial charge in [-0.15, -0.1) is 0 Å². The van der Waals surface area contributed by atoms with Crippen molar-refractivity contribution in [3.05, 3.63) is 87.7 Å². The van der Waals surface area contributed by atoms with Crippen LogP contribution < -0.4 is 0 Å². The Morgan fingerprint density at radius 1 is 0.577 bits per heavy atom. The summed E-state index contributed by atoms with van der Waals surface area (Å²) < 4.78 is 1.22. The van der Waals surface area contributed by atoms with Crippen LogP contribution in [0.4, 0.5) is 0 Å². The molecule has 3 nitrogen and oxygen atoms in total. The maximum atomic E-state index is 6.13. The molecule has 0 bridgehead atoms. The first-order valence-electron chi connectivity index (χ1n) is 8.03. The Bertz CT molecular complexity index is 1050. The molecule has 1 heterocycles. The van der Waals surface area contributed by atoms with Gasteiger partial charge in [0.2, 0.25) is 5.28 Å². The molecule has 0 aliphatic heterocycles. The van der Waals surface area contributed by atoms with Crippen LogP contribution in [-0.4, -0.2) is 15.0 Å². The highest BCUT2D eigenvalue weighted by atomic mass is 127. The molecule has 0 aliphatic rings. The number of hydrogen-bond donors (Lipinski definition) is 0. The van der Waals surface area contributed by atoms with E-state index in [1.54, 1.807) is 0 Å². The fourth-order valence-electron chi connectivity index (χ4n) is 2.69. The third-order valence-corrected chi connectivity index (χ3v) is 5.08. The lowest BCUT2D eigenvalue weighted by atomic mass is 10.0. The Kier molecular flexibility index (Phi) is 4.95. The van der Waals surface area contributed by atoms with Crippen LogP contribution in [0.25, 0.3) is 33.9 Å². The van der Waals surface area contributed by atoms with Gasteiger partial charge in [0.15, 0.2) is 11.6 Å². The van der Waals surface area contributed by atoms with Gasteiger partial charge in [0.25, 0.3) is 0 Å². The van der Waals surface area contributed by atoms with Gasteiger partial charge in [-0.2, -0.15) is 9.97 Å². The molecule has 5 heteroatoms. The quantitative estimate of drug-likeness (QED) is 0.339. The molecule has 0 saturated carbocycles. The van der Waals surface area contributed by atoms with Gasteiger partial charge < -0.3 is 0 Å². The minimum atomic E-state index is 0.190. The first-order chi connectivity index (χ1) is 12.7. The summed E-state index contributed by atoms with van der Waals surface area (Å²) in [5.74, 6) is 1.14. The van der Waals surface area contributed by atoms with Crippen molar-refractivity contribution in [1.29, 1.82) is 0 Å². The van der Waals surface area contributed by atoms with Gasteiger partial charge in [-0.05, 0) is 51.4 Å². The Morgan fingerprint density at radius 3 is 1.77 bits per heavy atom. The summed E-state index contributed by atoms with van der Waals surface area (Å²) in [6.07, 6.45) is 0. The second kappa shape index (κ2) is 7.51. The molecule has 0 amide bonds. The molecule has 4 aromatic rings. The standard InChI is InChI=1S/C21H13ClIN3/c22-21-25-19(15-6-2-1-3-7-15)24-20(26-21)16-12-10-14(11-13-16)17-8-4-5-9-18(17)23/h1-13H. The van der Waals surface area contributed by atoms with Crippen molar-refractivity contribution < 1.29 is 0 Å². The number of rotatable bonds is 3. The van der Waals surface area contributed by atoms with Crippen molar-refractivity contribution in [2.75, 3.05) is 0 Å². The van der Waals surface area contributed by atoms with Gasteiger partial charge in [-0.25, -0.2) is 4.98 Å². The average Bonchev–Trinajstić information content (AvgIpc) is 2.69. The van der Waals surface area contributed by atoms with Gasteiger partial charge >= 0.3 is 0 Å². The molecular weight excluding hydrogens is 457 g/mol. The lowest BCUT2D eigenvalue weighted by Crippen LogP contribution is -1.97. The number of benzene rings is 3. The van der Waals surface area contributed by atoms with Crippen LogP contribution >= 0.6 is 34.2 Å². The van der Waals surface area contributed by atoms with E-state index < -0.39 is 0 Å². The predicted octanol–water partition coefficient (Wildman–Crippen LogP) is 6.13. The molecule has 0 atom stereocenters. The van der Waals surface area contributed by atoms with E-state index in [1.807, 2.05) is 54.6 Å². The molecule has 0 N–H and O–H groups in total. The average molecular weight is 470 g/mol. The Balaban J connectivity index is 1.72. The fourth-order valence-corrected chi connectivity index (χ4v) is 3.55. The molecule has 3 aromatic carbocycles. The van der Waals surface area contributed by atoms with Gasteiger partial charge in [0.05, 0.1) is 0 Å². The molecule has 4 rings (SSSR count). The third-order valence-electron chi connectivity index (χ3n) is 3.97. The van der Waals surface area contributed by atoms with Crippen LogP contribution in [0.15, 0.2) is 78.9 Å². The molecule has 0 aliphatic carbocycles. The van der Waals surface area contributed by atoms with Crippen LogP contribution in [0.1, 0.15) is 0 Å². The zero-order valence-corrected chi connectivity index (χ0v) is 16.5. The number of aromatic nitrogens is 3. The van der Waals surface area contributed by atoms with Gasteiger partial charge in [0, 0.05) is 14.7 Å². The largest absolute Gasteiger partial charge is 0.226 e. The van der Waals surface area contributed by atoms with E-state index in [0.717, 1.165) is 16.7 Å². The predicted molar refractivity (Wildman–Crippen MR) is 114 cm³/mol. The van der Waals surface area contributed by atoms with Crippen molar-refractivity contribution in [2.24, 2.45) is 0 Å². The van der Waals surface area contributed by atoms with E-state index in [9.17, 15) is 0 Å². The van der Waals surface area contributed by atoms with Crippen molar-refractivity contribution >= 4 is 34.2 Å². The summed E-state index contributed by atoms with van der Waals surface area (Å²) in [5, 5.41) is 0.190. The smallest absolute Gasteiger partial charge is 0.208 e. The molecule has 0 spiro atoms. The first-order valence-corrected chi connectivity index (χ1v) is 9.49. The number of halogens is 2. The molecule has 0 unspecified atom stereocenters. The maximum Gasteiger partial charge on any atom is 0.226 e. The zero-order valence-electron chi connectivity index (χ0n) is 13.6. The topological polar surface area (TPSA) is 38.7 Å². The van der Waals surface area contributed by atoms with E-state index >= 15 is 0 Å². The molecular formula is C21H13ClIN3. The summed E-state index contributed by atoms with van der Waals surface area (Å²) in [6, 6.07) is 26.2. The Labute approximate surface area is 170 Å². The third kappa shape index (κ3) is 3.61. The highest BCUT2D eigenvalue weighted by Crippen LogP contribution is 2.28. The Hall–Kier alpha value is -2.31. The van der Waals surface area contributed by atoms with Crippen LogP contribution in [0.3, 0.4) is 0 Å². The molecule has 126 valence electrons. The fraction of sp³-hybridized carbons (Fsp3) is 0. The minimum Gasteiger partial charge on any atom is -0.208 e. The molecule has 0 fully saturated rings. The van der Waals surface area contributed by atoms with Crippen LogP contribution in [0.2, 0.25) is 5.28 Å². The normalized spacial score (nSPS) is 10.7. The van der Waals surface area contributed by atoms with Gasteiger partial charge in [-0.1, -0.05) is 72.8 Å². The molecule has 1 aromatic heterocycles. The maximum absolute atomic E-state index is 6.13. The lowest BCUT2D eigenvalue weighted by molar-refractivity contribution is 1.07. The van der Waals surface area contributed by atoms with Crippen molar-refractivity contribution in [3.8, 4) is 33.9 Å². The molecule has 0 radical (unpaired) electrons. The van der Waals surface area contributed by atoms with Crippen molar-refractivity contribution in [3.63, 3.8) is 0 Å². The lowest BCUT2D eigenvalue weighted by Gasteiger charge is -2.07. The summed E-state index contributed by atoms with van der Waals surface area (Å²) >= 11 is 8.48. The highest BCUT2D eigenvalue weighted by Gasteiger charge is 2.10. The van der Waals surface area contributed by atoms with E-state index in [-0.39, 0.29) is 5.28 Å². The van der Waals surface area contributed by atoms with Gasteiger partial charge in [0.1, 0.15) is 0 Å². The Morgan fingerprint density at radius 2 is 1.12 bits per heavy atom. The van der Waals surface area contributed by atoms with Crippen molar-refractivity contribution in [2.45, 2.75) is 0 Å². The second-order valence-corrected chi connectivity index (χ2v) is 7.18. The molecule has 26 heavy (non-hydrogen) atoms. The SMILES string of the molecule is Clc1nc(-c2ccccc2)nc(-c2ccc(-c3ccccc3I)cc2)n1. The summed E-state index contributed by atoms with van der Waals surface area (Å²) in [7, 11) is 0. The summed E-state index contributed by atoms with van der Waals surface area (Å²) in [6.45, 7) is 0. The van der Waals surface area contributed by atoms with Crippen molar-refractivity contribution in [1.82, 2.24) is 15.0 Å². The van der Waals surface area contributed by atoms with Gasteiger partial charge in [-0.3, -0.25) is 0 Å². The first kappa shape index (κ1) is 17.1. The van der Waals surface area contributed by atoms with Crippen LogP contribution in [0.5, 0.6) is 0 Å². The summed E-state index contributed by atoms with van der Waals surface area (Å²) in [4.78, 5) is 13.1. The second-order valence-electron chi connectivity index (χ2n) is 5.67. The zero-order chi connectivity index (χ0) is 17.9. The highest BCUT2D eigenvalue weighted by molar-refractivity contribution is 14.1. The number of nitrogens with zero attached hydrogens (tertiary/aromatic N) is 3. The molecule has 0 saturated heterocycles. The van der Waals surface area contributed by atoms with E-state index in [1.165, 1.54) is 9.13 Å². The van der Waals surface area contributed by atoms with E-state index in [2.05, 4.69) is 61.8 Å².